The number of nitrogens with zero attached hydrogens (tertiary/aromatic N) is 4. The molecule has 1 amide bonds. The van der Waals surface area contributed by atoms with E-state index < -0.39 is 0 Å². The molecule has 1 N–H and O–H groups in total. The van der Waals surface area contributed by atoms with E-state index in [0.29, 0.717) is 12.0 Å². The first kappa shape index (κ1) is 17.5. The lowest BCUT2D eigenvalue weighted by Crippen LogP contribution is -2.33. The van der Waals surface area contributed by atoms with Gasteiger partial charge in [-0.25, -0.2) is 9.67 Å². The molecule has 0 unspecified atom stereocenters. The van der Waals surface area contributed by atoms with E-state index in [9.17, 15) is 4.79 Å². The number of carbonyl (C=O) groups is 1. The summed E-state index contributed by atoms with van der Waals surface area (Å²) >= 11 is 0. The van der Waals surface area contributed by atoms with Gasteiger partial charge >= 0.3 is 0 Å². The SMILES string of the molecule is CC(=O)N1CC[C@H](c2nn(CCNC3CCCCC3)c3ncccc23)C1. The lowest BCUT2D eigenvalue weighted by Gasteiger charge is -2.22. The van der Waals surface area contributed by atoms with Crippen LogP contribution in [0.15, 0.2) is 18.3 Å². The van der Waals surface area contributed by atoms with Crippen molar-refractivity contribution >= 4 is 16.9 Å². The summed E-state index contributed by atoms with van der Waals surface area (Å²) in [6.07, 6.45) is 9.51. The van der Waals surface area contributed by atoms with E-state index in [1.807, 2.05) is 17.2 Å². The Kier molecular flexibility index (Phi) is 5.20. The van der Waals surface area contributed by atoms with Crippen LogP contribution in [0.5, 0.6) is 0 Å². The van der Waals surface area contributed by atoms with E-state index >= 15 is 0 Å². The van der Waals surface area contributed by atoms with Crippen molar-refractivity contribution in [2.75, 3.05) is 19.6 Å². The Labute approximate surface area is 155 Å². The summed E-state index contributed by atoms with van der Waals surface area (Å²) in [7, 11) is 0. The van der Waals surface area contributed by atoms with Crippen molar-refractivity contribution in [1.82, 2.24) is 25.0 Å². The average molecular weight is 355 g/mol. The second-order valence-corrected chi connectivity index (χ2v) is 7.72. The zero-order valence-electron chi connectivity index (χ0n) is 15.7. The fraction of sp³-hybridized carbons (Fsp3) is 0.650. The number of rotatable bonds is 5. The summed E-state index contributed by atoms with van der Waals surface area (Å²) in [4.78, 5) is 18.2. The number of nitrogens with one attached hydrogen (secondary N) is 1. The Morgan fingerprint density at radius 2 is 2.12 bits per heavy atom. The van der Waals surface area contributed by atoms with E-state index in [1.165, 1.54) is 32.1 Å². The monoisotopic (exact) mass is 355 g/mol. The second-order valence-electron chi connectivity index (χ2n) is 7.72. The highest BCUT2D eigenvalue weighted by atomic mass is 16.2. The summed E-state index contributed by atoms with van der Waals surface area (Å²) in [5.74, 6) is 0.476. The molecule has 140 valence electrons. The van der Waals surface area contributed by atoms with Crippen molar-refractivity contribution in [2.24, 2.45) is 0 Å². The first-order valence-electron chi connectivity index (χ1n) is 10.0. The molecule has 2 aromatic heterocycles. The summed E-state index contributed by atoms with van der Waals surface area (Å²) in [5, 5.41) is 9.76. The molecule has 6 nitrogen and oxygen atoms in total. The van der Waals surface area contributed by atoms with Crippen LogP contribution in [0.25, 0.3) is 11.0 Å². The van der Waals surface area contributed by atoms with E-state index in [1.54, 1.807) is 6.92 Å². The molecule has 6 heteroatoms. The van der Waals surface area contributed by atoms with Crippen LogP contribution in [-0.2, 0) is 11.3 Å². The molecule has 1 atom stereocenters. The van der Waals surface area contributed by atoms with Crippen LogP contribution >= 0.6 is 0 Å². The van der Waals surface area contributed by atoms with Crippen molar-refractivity contribution in [3.8, 4) is 0 Å². The second kappa shape index (κ2) is 7.74. The molecular formula is C20H29N5O. The topological polar surface area (TPSA) is 63.1 Å². The number of pyridine rings is 1. The van der Waals surface area contributed by atoms with Gasteiger partial charge in [0.1, 0.15) is 0 Å². The van der Waals surface area contributed by atoms with Crippen LogP contribution < -0.4 is 5.32 Å². The highest BCUT2D eigenvalue weighted by Gasteiger charge is 2.29. The van der Waals surface area contributed by atoms with Crippen LogP contribution in [-0.4, -0.2) is 51.2 Å². The van der Waals surface area contributed by atoms with Gasteiger partial charge in [-0.15, -0.1) is 0 Å². The van der Waals surface area contributed by atoms with E-state index in [0.717, 1.165) is 49.3 Å². The molecule has 1 saturated heterocycles. The molecule has 26 heavy (non-hydrogen) atoms. The fourth-order valence-electron chi connectivity index (χ4n) is 4.44. The maximum absolute atomic E-state index is 11.7. The Morgan fingerprint density at radius 3 is 2.88 bits per heavy atom. The molecule has 1 aliphatic heterocycles. The minimum Gasteiger partial charge on any atom is -0.342 e. The van der Waals surface area contributed by atoms with Crippen LogP contribution in [0, 0.1) is 0 Å². The van der Waals surface area contributed by atoms with Crippen molar-refractivity contribution in [3.05, 3.63) is 24.0 Å². The van der Waals surface area contributed by atoms with E-state index in [2.05, 4.69) is 21.0 Å². The van der Waals surface area contributed by atoms with Gasteiger partial charge < -0.3 is 10.2 Å². The number of likely N-dealkylation sites (tertiary alicyclic amines) is 1. The maximum atomic E-state index is 11.7. The normalized spacial score (nSPS) is 21.6. The standard InChI is InChI=1S/C20H29N5O/c1-15(26)24-12-9-16(14-24)19-18-8-5-10-22-20(18)25(23-19)13-11-21-17-6-3-2-4-7-17/h5,8,10,16-17,21H,2-4,6-7,9,11-14H2,1H3/t16-/m0/s1. The van der Waals surface area contributed by atoms with Crippen LogP contribution in [0.1, 0.15) is 57.1 Å². The van der Waals surface area contributed by atoms with Crippen molar-refractivity contribution in [3.63, 3.8) is 0 Å². The predicted octanol–water partition coefficient (Wildman–Crippen LogP) is 2.69. The van der Waals surface area contributed by atoms with Gasteiger partial charge in [-0.05, 0) is 31.4 Å². The van der Waals surface area contributed by atoms with Gasteiger partial charge in [0.2, 0.25) is 5.91 Å². The molecule has 0 spiro atoms. The summed E-state index contributed by atoms with van der Waals surface area (Å²) in [6, 6.07) is 4.76. The first-order chi connectivity index (χ1) is 12.7. The van der Waals surface area contributed by atoms with Gasteiger partial charge in [-0.2, -0.15) is 5.10 Å². The number of carbonyl (C=O) groups excluding carboxylic acids is 1. The highest BCUT2D eigenvalue weighted by molar-refractivity contribution is 5.79. The number of hydrogen-bond donors (Lipinski definition) is 1. The minimum absolute atomic E-state index is 0.158. The third-order valence-electron chi connectivity index (χ3n) is 5.92. The molecule has 1 saturated carbocycles. The molecule has 2 aliphatic rings. The zero-order valence-corrected chi connectivity index (χ0v) is 15.7. The fourth-order valence-corrected chi connectivity index (χ4v) is 4.44. The van der Waals surface area contributed by atoms with Crippen molar-refractivity contribution in [1.29, 1.82) is 0 Å². The van der Waals surface area contributed by atoms with E-state index in [-0.39, 0.29) is 5.91 Å². The summed E-state index contributed by atoms with van der Waals surface area (Å²) < 4.78 is 2.05. The number of amides is 1. The molecule has 0 aromatic carbocycles. The van der Waals surface area contributed by atoms with Gasteiger partial charge in [0, 0.05) is 50.1 Å². The maximum Gasteiger partial charge on any atom is 0.219 e. The largest absolute Gasteiger partial charge is 0.342 e. The average Bonchev–Trinajstić information content (AvgIpc) is 3.28. The highest BCUT2D eigenvalue weighted by Crippen LogP contribution is 2.31. The Morgan fingerprint density at radius 1 is 1.27 bits per heavy atom. The molecule has 3 heterocycles. The van der Waals surface area contributed by atoms with Crippen molar-refractivity contribution < 1.29 is 4.79 Å². The van der Waals surface area contributed by atoms with Gasteiger partial charge in [0.05, 0.1) is 12.2 Å². The van der Waals surface area contributed by atoms with Gasteiger partial charge in [0.15, 0.2) is 5.65 Å². The van der Waals surface area contributed by atoms with Gasteiger partial charge in [0.25, 0.3) is 0 Å². The van der Waals surface area contributed by atoms with Gasteiger partial charge in [-0.3, -0.25) is 4.79 Å². The molecule has 2 fully saturated rings. The van der Waals surface area contributed by atoms with E-state index in [4.69, 9.17) is 5.10 Å². The van der Waals surface area contributed by atoms with Crippen molar-refractivity contribution in [2.45, 2.75) is 64.0 Å². The molecular weight excluding hydrogens is 326 g/mol. The number of hydrogen-bond acceptors (Lipinski definition) is 4. The van der Waals surface area contributed by atoms with Crippen LogP contribution in [0.3, 0.4) is 0 Å². The first-order valence-corrected chi connectivity index (χ1v) is 10.0. The lowest BCUT2D eigenvalue weighted by atomic mass is 9.95. The third-order valence-corrected chi connectivity index (χ3v) is 5.92. The Hall–Kier alpha value is -1.95. The van der Waals surface area contributed by atoms with Crippen LogP contribution in [0.2, 0.25) is 0 Å². The Bertz CT molecular complexity index is 765. The minimum atomic E-state index is 0.158. The zero-order chi connectivity index (χ0) is 17.9. The number of aromatic nitrogens is 3. The third kappa shape index (κ3) is 3.61. The quantitative estimate of drug-likeness (QED) is 0.896. The number of fused-ring (bicyclic) bond motifs is 1. The molecule has 0 bridgehead atoms. The Balaban J connectivity index is 1.48. The van der Waals surface area contributed by atoms with Crippen LogP contribution in [0.4, 0.5) is 0 Å². The molecule has 1 aliphatic carbocycles. The van der Waals surface area contributed by atoms with Gasteiger partial charge in [-0.1, -0.05) is 19.3 Å². The predicted molar refractivity (Wildman–Crippen MR) is 102 cm³/mol. The molecule has 0 radical (unpaired) electrons. The molecule has 4 rings (SSSR count). The summed E-state index contributed by atoms with van der Waals surface area (Å²) in [6.45, 7) is 5.03. The lowest BCUT2D eigenvalue weighted by molar-refractivity contribution is -0.127. The molecule has 2 aromatic rings. The smallest absolute Gasteiger partial charge is 0.219 e. The summed E-state index contributed by atoms with van der Waals surface area (Å²) in [5.41, 5.74) is 2.07.